The monoisotopic (exact) mass is 303 g/mol. The third-order valence-corrected chi connectivity index (χ3v) is 3.69. The van der Waals surface area contributed by atoms with Gasteiger partial charge in [0.1, 0.15) is 6.23 Å². The van der Waals surface area contributed by atoms with Crippen LogP contribution in [0.4, 0.5) is 0 Å². The molecule has 2 atom stereocenters. The van der Waals surface area contributed by atoms with Crippen molar-refractivity contribution >= 4 is 15.9 Å². The largest absolute Gasteiger partial charge is 0.357 e. The minimum atomic E-state index is -0.0108. The number of hydrogen-bond acceptors (Lipinski definition) is 2. The number of rotatable bonds is 2. The highest BCUT2D eigenvalue weighted by atomic mass is 79.9. The molecule has 2 aromatic carbocycles. The molecular formula is C15H14BrNO. The van der Waals surface area contributed by atoms with Gasteiger partial charge in [-0.25, -0.2) is 0 Å². The minimum absolute atomic E-state index is 0.0108. The summed E-state index contributed by atoms with van der Waals surface area (Å²) in [7, 11) is 0. The van der Waals surface area contributed by atoms with Gasteiger partial charge in [-0.1, -0.05) is 58.4 Å². The van der Waals surface area contributed by atoms with Crippen molar-refractivity contribution < 1.29 is 4.74 Å². The van der Waals surface area contributed by atoms with Gasteiger partial charge in [0.05, 0.1) is 12.6 Å². The Labute approximate surface area is 115 Å². The fraction of sp³-hybridized carbons (Fsp3) is 0.200. The second-order valence-electron chi connectivity index (χ2n) is 4.39. The van der Waals surface area contributed by atoms with Crippen molar-refractivity contribution in [2.24, 2.45) is 0 Å². The maximum absolute atomic E-state index is 5.82. The average molecular weight is 304 g/mol. The summed E-state index contributed by atoms with van der Waals surface area (Å²) >= 11 is 3.44. The summed E-state index contributed by atoms with van der Waals surface area (Å²) < 4.78 is 6.91. The Morgan fingerprint density at radius 2 is 1.67 bits per heavy atom. The topological polar surface area (TPSA) is 21.3 Å². The van der Waals surface area contributed by atoms with Gasteiger partial charge in [-0.3, -0.25) is 5.32 Å². The molecule has 92 valence electrons. The Morgan fingerprint density at radius 1 is 0.944 bits per heavy atom. The quantitative estimate of drug-likeness (QED) is 0.911. The molecule has 3 rings (SSSR count). The van der Waals surface area contributed by atoms with Crippen LogP contribution < -0.4 is 5.32 Å². The molecule has 0 aliphatic carbocycles. The van der Waals surface area contributed by atoms with Gasteiger partial charge in [0.15, 0.2) is 0 Å². The van der Waals surface area contributed by atoms with Crippen molar-refractivity contribution in [1.82, 2.24) is 5.32 Å². The Kier molecular flexibility index (Phi) is 3.46. The maximum atomic E-state index is 5.82. The third-order valence-electron chi connectivity index (χ3n) is 3.16. The van der Waals surface area contributed by atoms with Crippen LogP contribution in [-0.4, -0.2) is 6.61 Å². The second-order valence-corrected chi connectivity index (χ2v) is 5.31. The number of halogens is 1. The van der Waals surface area contributed by atoms with Crippen LogP contribution in [0.5, 0.6) is 0 Å². The summed E-state index contributed by atoms with van der Waals surface area (Å²) in [6.07, 6.45) is -0.0108. The zero-order valence-electron chi connectivity index (χ0n) is 9.84. The third kappa shape index (κ3) is 2.48. The Bertz CT molecular complexity index is 512. The molecule has 0 aromatic heterocycles. The van der Waals surface area contributed by atoms with Gasteiger partial charge < -0.3 is 4.74 Å². The van der Waals surface area contributed by atoms with Crippen LogP contribution >= 0.6 is 15.9 Å². The van der Waals surface area contributed by atoms with Crippen LogP contribution in [0.3, 0.4) is 0 Å². The Morgan fingerprint density at radius 3 is 2.39 bits per heavy atom. The molecule has 1 heterocycles. The van der Waals surface area contributed by atoms with Crippen LogP contribution in [-0.2, 0) is 4.74 Å². The van der Waals surface area contributed by atoms with Gasteiger partial charge in [0, 0.05) is 4.47 Å². The molecule has 0 unspecified atom stereocenters. The molecule has 1 N–H and O–H groups in total. The predicted octanol–water partition coefficient (Wildman–Crippen LogP) is 3.81. The van der Waals surface area contributed by atoms with E-state index in [2.05, 4.69) is 57.6 Å². The smallest absolute Gasteiger partial charge is 0.134 e. The highest BCUT2D eigenvalue weighted by molar-refractivity contribution is 9.10. The summed E-state index contributed by atoms with van der Waals surface area (Å²) in [5.74, 6) is 0. The standard InChI is InChI=1S/C15H14BrNO/c16-13-8-6-12(7-9-13)15-17-14(10-18-15)11-4-2-1-3-5-11/h1-9,14-15,17H,10H2/t14-,15+/m1/s1. The summed E-state index contributed by atoms with van der Waals surface area (Å²) in [6.45, 7) is 0.713. The van der Waals surface area contributed by atoms with Crippen LogP contribution in [0.1, 0.15) is 23.4 Å². The van der Waals surface area contributed by atoms with E-state index in [4.69, 9.17) is 4.74 Å². The fourth-order valence-electron chi connectivity index (χ4n) is 2.18. The van der Waals surface area contributed by atoms with Crippen LogP contribution in [0, 0.1) is 0 Å². The molecule has 3 heteroatoms. The molecule has 1 aliphatic rings. The lowest BCUT2D eigenvalue weighted by Gasteiger charge is -2.12. The normalized spacial score (nSPS) is 23.2. The zero-order chi connectivity index (χ0) is 12.4. The molecule has 1 fully saturated rings. The van der Waals surface area contributed by atoms with Crippen molar-refractivity contribution in [2.45, 2.75) is 12.3 Å². The van der Waals surface area contributed by atoms with Crippen molar-refractivity contribution in [1.29, 1.82) is 0 Å². The molecule has 0 bridgehead atoms. The van der Waals surface area contributed by atoms with Gasteiger partial charge in [0.2, 0.25) is 0 Å². The lowest BCUT2D eigenvalue weighted by atomic mass is 10.1. The summed E-state index contributed by atoms with van der Waals surface area (Å²) in [5, 5.41) is 3.51. The number of hydrogen-bond donors (Lipinski definition) is 1. The summed E-state index contributed by atoms with van der Waals surface area (Å²) in [4.78, 5) is 0. The van der Waals surface area contributed by atoms with E-state index >= 15 is 0 Å². The van der Waals surface area contributed by atoms with Gasteiger partial charge in [-0.15, -0.1) is 0 Å². The highest BCUT2D eigenvalue weighted by Crippen LogP contribution is 2.28. The number of benzene rings is 2. The molecule has 1 aliphatic heterocycles. The molecule has 0 amide bonds. The first-order valence-corrected chi connectivity index (χ1v) is 6.80. The van der Waals surface area contributed by atoms with E-state index < -0.39 is 0 Å². The lowest BCUT2D eigenvalue weighted by molar-refractivity contribution is 0.101. The van der Waals surface area contributed by atoms with E-state index in [0.29, 0.717) is 6.61 Å². The van der Waals surface area contributed by atoms with Crippen LogP contribution in [0.2, 0.25) is 0 Å². The molecule has 18 heavy (non-hydrogen) atoms. The Balaban J connectivity index is 1.74. The predicted molar refractivity (Wildman–Crippen MR) is 75.2 cm³/mol. The van der Waals surface area contributed by atoms with Gasteiger partial charge in [-0.2, -0.15) is 0 Å². The van der Waals surface area contributed by atoms with E-state index in [-0.39, 0.29) is 12.3 Å². The van der Waals surface area contributed by atoms with E-state index in [9.17, 15) is 0 Å². The van der Waals surface area contributed by atoms with Crippen molar-refractivity contribution in [3.05, 3.63) is 70.2 Å². The van der Waals surface area contributed by atoms with E-state index in [1.165, 1.54) is 5.56 Å². The lowest BCUT2D eigenvalue weighted by Crippen LogP contribution is -2.18. The SMILES string of the molecule is Brc1ccc([C@H]2N[C@@H](c3ccccc3)CO2)cc1. The number of nitrogens with one attached hydrogen (secondary N) is 1. The highest BCUT2D eigenvalue weighted by Gasteiger charge is 2.26. The van der Waals surface area contributed by atoms with E-state index in [1.54, 1.807) is 0 Å². The van der Waals surface area contributed by atoms with Gasteiger partial charge in [-0.05, 0) is 23.3 Å². The van der Waals surface area contributed by atoms with E-state index in [1.807, 2.05) is 18.2 Å². The molecule has 0 radical (unpaired) electrons. The summed E-state index contributed by atoms with van der Waals surface area (Å²) in [5.41, 5.74) is 2.44. The maximum Gasteiger partial charge on any atom is 0.134 e. The first-order valence-electron chi connectivity index (χ1n) is 6.01. The second kappa shape index (κ2) is 5.22. The van der Waals surface area contributed by atoms with Crippen molar-refractivity contribution in [3.8, 4) is 0 Å². The molecule has 2 aromatic rings. The number of ether oxygens (including phenoxy) is 1. The molecule has 0 saturated carbocycles. The average Bonchev–Trinajstić information content (AvgIpc) is 2.90. The van der Waals surface area contributed by atoms with Crippen molar-refractivity contribution in [3.63, 3.8) is 0 Å². The minimum Gasteiger partial charge on any atom is -0.357 e. The molecule has 1 saturated heterocycles. The van der Waals surface area contributed by atoms with Gasteiger partial charge in [0.25, 0.3) is 0 Å². The van der Waals surface area contributed by atoms with Crippen molar-refractivity contribution in [2.75, 3.05) is 6.61 Å². The molecular weight excluding hydrogens is 290 g/mol. The van der Waals surface area contributed by atoms with Gasteiger partial charge >= 0.3 is 0 Å². The zero-order valence-corrected chi connectivity index (χ0v) is 11.4. The van der Waals surface area contributed by atoms with E-state index in [0.717, 1.165) is 10.0 Å². The molecule has 0 spiro atoms. The van der Waals surface area contributed by atoms with Crippen LogP contribution in [0.15, 0.2) is 59.1 Å². The first kappa shape index (κ1) is 11.9. The summed E-state index contributed by atoms with van der Waals surface area (Å²) in [6, 6.07) is 18.9. The molecule has 2 nitrogen and oxygen atoms in total. The first-order chi connectivity index (χ1) is 8.83. The van der Waals surface area contributed by atoms with Crippen LogP contribution in [0.25, 0.3) is 0 Å². The Hall–Kier alpha value is -1.16. The fourth-order valence-corrected chi connectivity index (χ4v) is 2.44.